The lowest BCUT2D eigenvalue weighted by Crippen LogP contribution is -2.06. The monoisotopic (exact) mass is 278 g/mol. The molecule has 0 bridgehead atoms. The fourth-order valence-electron chi connectivity index (χ4n) is 2.54. The number of hydrogen-bond donors (Lipinski definition) is 0. The van der Waals surface area contributed by atoms with Gasteiger partial charge < -0.3 is 0 Å². The molecule has 6 nitrogen and oxygen atoms in total. The summed E-state index contributed by atoms with van der Waals surface area (Å²) in [4.78, 5) is 0. The first-order valence-electron chi connectivity index (χ1n) is 6.98. The highest BCUT2D eigenvalue weighted by molar-refractivity contribution is 5.74. The summed E-state index contributed by atoms with van der Waals surface area (Å²) >= 11 is 0. The maximum Gasteiger partial charge on any atom is 0.113 e. The van der Waals surface area contributed by atoms with Gasteiger partial charge in [0.15, 0.2) is 0 Å². The summed E-state index contributed by atoms with van der Waals surface area (Å²) < 4.78 is 3.88. The van der Waals surface area contributed by atoms with Gasteiger partial charge in [-0.05, 0) is 30.7 Å². The van der Waals surface area contributed by atoms with E-state index < -0.39 is 0 Å². The Morgan fingerprint density at radius 2 is 1.14 bits per heavy atom. The summed E-state index contributed by atoms with van der Waals surface area (Å²) in [6, 6.07) is 16.0. The molecule has 0 fully saturated rings. The number of para-hydroxylation sites is 2. The molecule has 2 aromatic heterocycles. The smallest absolute Gasteiger partial charge is 0.113 e. The Labute approximate surface area is 121 Å². The van der Waals surface area contributed by atoms with Crippen molar-refractivity contribution in [1.29, 1.82) is 0 Å². The van der Waals surface area contributed by atoms with Crippen molar-refractivity contribution in [1.82, 2.24) is 30.0 Å². The molecule has 0 aliphatic carbocycles. The van der Waals surface area contributed by atoms with Crippen LogP contribution in [0.3, 0.4) is 0 Å². The average Bonchev–Trinajstić information content (AvgIpc) is 3.13. The Kier molecular flexibility index (Phi) is 2.85. The molecule has 104 valence electrons. The van der Waals surface area contributed by atoms with Crippen LogP contribution in [0.1, 0.15) is 6.42 Å². The molecule has 0 unspecified atom stereocenters. The molecule has 2 aromatic carbocycles. The van der Waals surface area contributed by atoms with Gasteiger partial charge in [-0.25, -0.2) is 9.36 Å². The average molecular weight is 278 g/mol. The quantitative estimate of drug-likeness (QED) is 0.574. The van der Waals surface area contributed by atoms with Crippen molar-refractivity contribution in [2.75, 3.05) is 0 Å². The van der Waals surface area contributed by atoms with E-state index in [9.17, 15) is 0 Å². The van der Waals surface area contributed by atoms with Crippen LogP contribution in [0.4, 0.5) is 0 Å². The van der Waals surface area contributed by atoms with Gasteiger partial charge >= 0.3 is 0 Å². The molecule has 0 saturated carbocycles. The summed E-state index contributed by atoms with van der Waals surface area (Å²) in [5.41, 5.74) is 4.01. The van der Waals surface area contributed by atoms with Crippen LogP contribution in [0, 0.1) is 0 Å². The van der Waals surface area contributed by atoms with E-state index in [1.807, 2.05) is 57.9 Å². The van der Waals surface area contributed by atoms with Crippen LogP contribution in [0.25, 0.3) is 22.1 Å². The van der Waals surface area contributed by atoms with Gasteiger partial charge in [0, 0.05) is 13.1 Å². The van der Waals surface area contributed by atoms with Gasteiger partial charge in [0.05, 0.1) is 11.0 Å². The molecule has 0 radical (unpaired) electrons. The zero-order valence-corrected chi connectivity index (χ0v) is 11.4. The number of fused-ring (bicyclic) bond motifs is 2. The number of aromatic nitrogens is 6. The van der Waals surface area contributed by atoms with Gasteiger partial charge in [0.2, 0.25) is 0 Å². The Morgan fingerprint density at radius 3 is 1.67 bits per heavy atom. The van der Waals surface area contributed by atoms with E-state index in [1.165, 1.54) is 0 Å². The van der Waals surface area contributed by atoms with E-state index in [4.69, 9.17) is 0 Å². The minimum absolute atomic E-state index is 0.814. The fraction of sp³-hybridized carbons (Fsp3) is 0.200. The van der Waals surface area contributed by atoms with Crippen LogP contribution >= 0.6 is 0 Å². The maximum absolute atomic E-state index is 4.20. The van der Waals surface area contributed by atoms with Crippen molar-refractivity contribution in [3.05, 3.63) is 48.5 Å². The fourth-order valence-corrected chi connectivity index (χ4v) is 2.54. The van der Waals surface area contributed by atoms with Crippen LogP contribution in [0.5, 0.6) is 0 Å². The third kappa shape index (κ3) is 2.14. The summed E-state index contributed by atoms with van der Waals surface area (Å²) in [6.07, 6.45) is 0.931. The predicted octanol–water partition coefficient (Wildman–Crippen LogP) is 2.27. The zero-order valence-electron chi connectivity index (χ0n) is 11.4. The number of rotatable bonds is 4. The van der Waals surface area contributed by atoms with Crippen LogP contribution < -0.4 is 0 Å². The molecule has 6 heteroatoms. The highest BCUT2D eigenvalue weighted by Gasteiger charge is 2.05. The molecule has 0 aliphatic heterocycles. The third-order valence-corrected chi connectivity index (χ3v) is 3.58. The summed E-state index contributed by atoms with van der Waals surface area (Å²) in [5.74, 6) is 0. The van der Waals surface area contributed by atoms with Crippen molar-refractivity contribution >= 4 is 22.1 Å². The summed E-state index contributed by atoms with van der Waals surface area (Å²) in [6.45, 7) is 1.63. The van der Waals surface area contributed by atoms with Gasteiger partial charge in [-0.15, -0.1) is 10.2 Å². The van der Waals surface area contributed by atoms with Crippen LogP contribution in [0.2, 0.25) is 0 Å². The van der Waals surface area contributed by atoms with Crippen LogP contribution in [-0.2, 0) is 13.1 Å². The molecular formula is C15H14N6. The topological polar surface area (TPSA) is 61.4 Å². The maximum atomic E-state index is 4.20. The first kappa shape index (κ1) is 12.0. The second-order valence-electron chi connectivity index (χ2n) is 4.96. The molecule has 0 aliphatic rings. The van der Waals surface area contributed by atoms with E-state index in [2.05, 4.69) is 20.6 Å². The second-order valence-corrected chi connectivity index (χ2v) is 4.96. The molecule has 0 spiro atoms. The predicted molar refractivity (Wildman–Crippen MR) is 79.7 cm³/mol. The van der Waals surface area contributed by atoms with Crippen molar-refractivity contribution in [3.63, 3.8) is 0 Å². The minimum atomic E-state index is 0.814. The second kappa shape index (κ2) is 4.97. The molecule has 4 aromatic rings. The van der Waals surface area contributed by atoms with Gasteiger partial charge in [0.1, 0.15) is 11.0 Å². The van der Waals surface area contributed by atoms with Crippen molar-refractivity contribution in [2.45, 2.75) is 19.5 Å². The first-order chi connectivity index (χ1) is 10.4. The summed E-state index contributed by atoms with van der Waals surface area (Å²) in [5, 5.41) is 16.7. The number of aryl methyl sites for hydroxylation is 2. The van der Waals surface area contributed by atoms with Crippen molar-refractivity contribution < 1.29 is 0 Å². The molecule has 0 amide bonds. The Morgan fingerprint density at radius 1 is 0.667 bits per heavy atom. The van der Waals surface area contributed by atoms with Gasteiger partial charge in [-0.2, -0.15) is 0 Å². The van der Waals surface area contributed by atoms with Gasteiger partial charge in [-0.1, -0.05) is 34.7 Å². The molecule has 2 heterocycles. The van der Waals surface area contributed by atoms with Gasteiger partial charge in [0.25, 0.3) is 0 Å². The zero-order chi connectivity index (χ0) is 14.1. The van der Waals surface area contributed by atoms with Crippen LogP contribution in [-0.4, -0.2) is 30.0 Å². The normalized spacial score (nSPS) is 11.4. The highest BCUT2D eigenvalue weighted by Crippen LogP contribution is 2.12. The number of hydrogen-bond acceptors (Lipinski definition) is 4. The number of nitrogens with zero attached hydrogens (tertiary/aromatic N) is 6. The van der Waals surface area contributed by atoms with E-state index in [1.54, 1.807) is 0 Å². The number of benzene rings is 2. The van der Waals surface area contributed by atoms with Crippen molar-refractivity contribution in [2.24, 2.45) is 0 Å². The van der Waals surface area contributed by atoms with Crippen molar-refractivity contribution in [3.8, 4) is 0 Å². The Bertz CT molecular complexity index is 817. The lowest BCUT2D eigenvalue weighted by molar-refractivity contribution is 0.500. The van der Waals surface area contributed by atoms with Crippen LogP contribution in [0.15, 0.2) is 48.5 Å². The lowest BCUT2D eigenvalue weighted by atomic mass is 10.3. The molecule has 21 heavy (non-hydrogen) atoms. The van der Waals surface area contributed by atoms with Gasteiger partial charge in [-0.3, -0.25) is 0 Å². The first-order valence-corrected chi connectivity index (χ1v) is 6.98. The molecule has 0 atom stereocenters. The highest BCUT2D eigenvalue weighted by atomic mass is 15.4. The van der Waals surface area contributed by atoms with E-state index in [-0.39, 0.29) is 0 Å². The largest absolute Gasteiger partial charge is 0.245 e. The molecule has 4 rings (SSSR count). The molecular weight excluding hydrogens is 264 g/mol. The molecule has 0 saturated heterocycles. The SMILES string of the molecule is c1ccc2c(c1)nnn2CCCn1nnc2ccccc21. The van der Waals surface area contributed by atoms with E-state index >= 15 is 0 Å². The third-order valence-electron chi connectivity index (χ3n) is 3.58. The Balaban J connectivity index is 1.50. The Hall–Kier alpha value is -2.76. The van der Waals surface area contributed by atoms with E-state index in [0.717, 1.165) is 41.6 Å². The summed E-state index contributed by atoms with van der Waals surface area (Å²) in [7, 11) is 0. The lowest BCUT2D eigenvalue weighted by Gasteiger charge is -2.03. The minimum Gasteiger partial charge on any atom is -0.245 e. The molecule has 0 N–H and O–H groups in total. The standard InChI is InChI=1S/C15H14N6/c1-3-8-14-12(6-1)16-18-20(14)10-5-11-21-15-9-4-2-7-13(15)17-19-21/h1-4,6-9H,5,10-11H2. The van der Waals surface area contributed by atoms with E-state index in [0.29, 0.717) is 0 Å².